The summed E-state index contributed by atoms with van der Waals surface area (Å²) in [4.78, 5) is 4.87. The Kier molecular flexibility index (Phi) is 5.63. The Morgan fingerprint density at radius 3 is 2.07 bits per heavy atom. The fourth-order valence-corrected chi connectivity index (χ4v) is 7.10. The Morgan fingerprint density at radius 1 is 0.545 bits per heavy atom. The van der Waals surface area contributed by atoms with Gasteiger partial charge in [-0.2, -0.15) is 0 Å². The van der Waals surface area contributed by atoms with E-state index in [9.17, 15) is 0 Å². The van der Waals surface area contributed by atoms with Crippen molar-refractivity contribution in [2.24, 2.45) is 0 Å². The number of aromatic nitrogens is 3. The molecule has 0 saturated heterocycles. The second-order valence-corrected chi connectivity index (χ2v) is 11.6. The average molecular weight is 564 g/mol. The largest absolute Gasteiger partial charge is 0.309 e. The highest BCUT2D eigenvalue weighted by Crippen LogP contribution is 2.43. The molecular weight excluding hydrogens is 534 g/mol. The standard InChI is InChI=1S/C41H29N3/c1-3-11-28(12-4-1)25-29-20-22-32(23-21-29)44-39-27-30(26-37(39)36-18-10-24-42-41(36)44)33-16-9-17-35-34-15-7-8-19-38(34)43(40(33)35)31-13-5-2-6-14-31/h1-24,26H,25,27H2. The molecule has 0 amide bonds. The first kappa shape index (κ1) is 24.9. The van der Waals surface area contributed by atoms with Crippen LogP contribution in [0.15, 0.2) is 146 Å². The molecule has 0 aliphatic heterocycles. The van der Waals surface area contributed by atoms with Crippen LogP contribution in [-0.4, -0.2) is 14.1 Å². The summed E-state index contributed by atoms with van der Waals surface area (Å²) in [6.07, 6.45) is 6.07. The minimum atomic E-state index is 0.840. The molecule has 1 aliphatic carbocycles. The zero-order valence-electron chi connectivity index (χ0n) is 24.2. The van der Waals surface area contributed by atoms with Crippen molar-refractivity contribution in [3.8, 4) is 11.4 Å². The van der Waals surface area contributed by atoms with Crippen LogP contribution in [0.5, 0.6) is 0 Å². The average Bonchev–Trinajstić information content (AvgIpc) is 3.75. The molecule has 3 nitrogen and oxygen atoms in total. The molecule has 0 atom stereocenters. The van der Waals surface area contributed by atoms with E-state index in [1.54, 1.807) is 0 Å². The third kappa shape index (κ3) is 3.86. The third-order valence-corrected chi connectivity index (χ3v) is 9.05. The molecular formula is C41H29N3. The van der Waals surface area contributed by atoms with Gasteiger partial charge >= 0.3 is 0 Å². The first-order valence-corrected chi connectivity index (χ1v) is 15.2. The molecule has 0 unspecified atom stereocenters. The number of hydrogen-bond donors (Lipinski definition) is 0. The molecule has 44 heavy (non-hydrogen) atoms. The number of para-hydroxylation sites is 3. The maximum absolute atomic E-state index is 4.87. The topological polar surface area (TPSA) is 22.8 Å². The lowest BCUT2D eigenvalue weighted by Gasteiger charge is -2.14. The molecule has 3 heterocycles. The molecule has 208 valence electrons. The first-order valence-electron chi connectivity index (χ1n) is 15.2. The van der Waals surface area contributed by atoms with E-state index in [1.165, 1.54) is 66.4 Å². The lowest BCUT2D eigenvalue weighted by Crippen LogP contribution is -2.02. The minimum absolute atomic E-state index is 0.840. The summed E-state index contributed by atoms with van der Waals surface area (Å²) in [5.41, 5.74) is 13.6. The number of nitrogens with zero attached hydrogens (tertiary/aromatic N) is 3. The van der Waals surface area contributed by atoms with Crippen LogP contribution in [0.1, 0.15) is 27.9 Å². The van der Waals surface area contributed by atoms with Crippen molar-refractivity contribution in [2.45, 2.75) is 12.8 Å². The summed E-state index contributed by atoms with van der Waals surface area (Å²) in [7, 11) is 0. The van der Waals surface area contributed by atoms with Gasteiger partial charge in [0.25, 0.3) is 0 Å². The predicted molar refractivity (Wildman–Crippen MR) is 183 cm³/mol. The van der Waals surface area contributed by atoms with Crippen LogP contribution >= 0.6 is 0 Å². The normalized spacial score (nSPS) is 12.7. The van der Waals surface area contributed by atoms with Crippen LogP contribution in [0.4, 0.5) is 0 Å². The van der Waals surface area contributed by atoms with Gasteiger partial charge in [-0.05, 0) is 71.7 Å². The molecule has 0 saturated carbocycles. The number of rotatable bonds is 5. The molecule has 0 N–H and O–H groups in total. The SMILES string of the molecule is C1=C(c2cccc3c4ccccc4n(-c4ccccc4)c23)Cc2c1c1cccnc1n2-c1ccc(Cc2ccccc2)cc1. The van der Waals surface area contributed by atoms with Crippen LogP contribution in [0.3, 0.4) is 0 Å². The van der Waals surface area contributed by atoms with E-state index in [0.29, 0.717) is 0 Å². The molecule has 9 rings (SSSR count). The number of fused-ring (bicyclic) bond motifs is 6. The highest BCUT2D eigenvalue weighted by atomic mass is 15.1. The van der Waals surface area contributed by atoms with Crippen LogP contribution in [0.2, 0.25) is 0 Å². The van der Waals surface area contributed by atoms with Crippen molar-refractivity contribution in [1.29, 1.82) is 0 Å². The summed E-state index contributed by atoms with van der Waals surface area (Å²) in [6.45, 7) is 0. The molecule has 3 aromatic heterocycles. The van der Waals surface area contributed by atoms with Crippen LogP contribution in [0.25, 0.3) is 55.9 Å². The van der Waals surface area contributed by atoms with Crippen molar-refractivity contribution in [1.82, 2.24) is 14.1 Å². The third-order valence-electron chi connectivity index (χ3n) is 9.05. The Bertz CT molecular complexity index is 2360. The van der Waals surface area contributed by atoms with E-state index in [1.807, 2.05) is 6.20 Å². The van der Waals surface area contributed by atoms with Gasteiger partial charge in [-0.1, -0.05) is 97.1 Å². The van der Waals surface area contributed by atoms with Crippen LogP contribution in [-0.2, 0) is 12.8 Å². The summed E-state index contributed by atoms with van der Waals surface area (Å²) in [5, 5.41) is 3.75. The molecule has 8 aromatic rings. The Hall–Kier alpha value is -5.67. The second-order valence-electron chi connectivity index (χ2n) is 11.6. The number of pyridine rings is 1. The quantitative estimate of drug-likeness (QED) is 0.204. The molecule has 0 spiro atoms. The van der Waals surface area contributed by atoms with Gasteiger partial charge in [-0.3, -0.25) is 4.57 Å². The lowest BCUT2D eigenvalue weighted by molar-refractivity contribution is 0.997. The van der Waals surface area contributed by atoms with E-state index in [-0.39, 0.29) is 0 Å². The fraction of sp³-hybridized carbons (Fsp3) is 0.0488. The summed E-state index contributed by atoms with van der Waals surface area (Å²) >= 11 is 0. The smallest absolute Gasteiger partial charge is 0.145 e. The van der Waals surface area contributed by atoms with Crippen molar-refractivity contribution in [3.05, 3.63) is 174 Å². The Morgan fingerprint density at radius 2 is 1.23 bits per heavy atom. The minimum Gasteiger partial charge on any atom is -0.309 e. The highest BCUT2D eigenvalue weighted by molar-refractivity contribution is 6.14. The number of hydrogen-bond acceptors (Lipinski definition) is 1. The molecule has 5 aromatic carbocycles. The van der Waals surface area contributed by atoms with Gasteiger partial charge in [-0.15, -0.1) is 0 Å². The van der Waals surface area contributed by atoms with Crippen molar-refractivity contribution < 1.29 is 0 Å². The second kappa shape index (κ2) is 9.96. The van der Waals surface area contributed by atoms with E-state index < -0.39 is 0 Å². The van der Waals surface area contributed by atoms with Gasteiger partial charge in [0.1, 0.15) is 5.65 Å². The van der Waals surface area contributed by atoms with Gasteiger partial charge in [0, 0.05) is 57.0 Å². The van der Waals surface area contributed by atoms with Crippen molar-refractivity contribution >= 4 is 44.5 Å². The predicted octanol–water partition coefficient (Wildman–Crippen LogP) is 9.81. The summed E-state index contributed by atoms with van der Waals surface area (Å²) in [5.74, 6) is 0. The van der Waals surface area contributed by atoms with Gasteiger partial charge in [-0.25, -0.2) is 4.98 Å². The number of allylic oxidation sites excluding steroid dienone is 1. The lowest BCUT2D eigenvalue weighted by atomic mass is 10.0. The zero-order valence-corrected chi connectivity index (χ0v) is 24.2. The van der Waals surface area contributed by atoms with Crippen molar-refractivity contribution in [2.75, 3.05) is 0 Å². The van der Waals surface area contributed by atoms with Crippen LogP contribution < -0.4 is 0 Å². The van der Waals surface area contributed by atoms with Gasteiger partial charge in [0.05, 0.1) is 11.0 Å². The maximum atomic E-state index is 4.87. The Labute approximate surface area is 256 Å². The highest BCUT2D eigenvalue weighted by Gasteiger charge is 2.26. The van der Waals surface area contributed by atoms with Gasteiger partial charge in [0.15, 0.2) is 0 Å². The molecule has 1 aliphatic rings. The monoisotopic (exact) mass is 563 g/mol. The van der Waals surface area contributed by atoms with Gasteiger partial charge in [0.2, 0.25) is 0 Å². The van der Waals surface area contributed by atoms with E-state index in [4.69, 9.17) is 4.98 Å². The zero-order chi connectivity index (χ0) is 29.0. The molecule has 0 fully saturated rings. The Balaban J connectivity index is 1.19. The molecule has 3 heteroatoms. The van der Waals surface area contributed by atoms with E-state index in [2.05, 4.69) is 155 Å². The van der Waals surface area contributed by atoms with Gasteiger partial charge < -0.3 is 4.57 Å². The first-order chi connectivity index (χ1) is 21.8. The molecule has 0 radical (unpaired) electrons. The van der Waals surface area contributed by atoms with E-state index in [0.717, 1.165) is 24.2 Å². The fourth-order valence-electron chi connectivity index (χ4n) is 7.10. The van der Waals surface area contributed by atoms with E-state index >= 15 is 0 Å². The molecule has 0 bridgehead atoms. The van der Waals surface area contributed by atoms with Crippen LogP contribution in [0, 0.1) is 0 Å². The summed E-state index contributed by atoms with van der Waals surface area (Å²) < 4.78 is 4.80. The number of benzene rings is 5. The van der Waals surface area contributed by atoms with Crippen molar-refractivity contribution in [3.63, 3.8) is 0 Å². The maximum Gasteiger partial charge on any atom is 0.145 e. The summed E-state index contributed by atoms with van der Waals surface area (Å²) in [6, 6.07) is 50.2.